The second-order valence-electron chi connectivity index (χ2n) is 4.73. The van der Waals surface area contributed by atoms with Crippen molar-refractivity contribution in [2.24, 2.45) is 0 Å². The Kier molecular flexibility index (Phi) is 4.37. The minimum atomic E-state index is 0.587. The van der Waals surface area contributed by atoms with Gasteiger partial charge in [-0.1, -0.05) is 24.6 Å². The smallest absolute Gasteiger partial charge is 0.129 e. The lowest BCUT2D eigenvalue weighted by Gasteiger charge is -2.39. The van der Waals surface area contributed by atoms with E-state index in [1.165, 1.54) is 6.42 Å². The Hall–Kier alpha value is -0.640. The number of hydrogen-bond donors (Lipinski definition) is 0. The Balaban J connectivity index is 1.95. The Labute approximate surface area is 108 Å². The third kappa shape index (κ3) is 3.41. The summed E-state index contributed by atoms with van der Waals surface area (Å²) in [7, 11) is 2.21. The van der Waals surface area contributed by atoms with Crippen molar-refractivity contribution in [1.82, 2.24) is 14.8 Å². The molecule has 1 aromatic heterocycles. The largest absolute Gasteiger partial charge is 0.301 e. The predicted octanol–water partition coefficient (Wildman–Crippen LogP) is 2.26. The van der Waals surface area contributed by atoms with E-state index in [4.69, 9.17) is 11.6 Å². The number of halogens is 1. The van der Waals surface area contributed by atoms with Gasteiger partial charge in [0.15, 0.2) is 0 Å². The number of piperazine rings is 1. The number of rotatable bonds is 3. The van der Waals surface area contributed by atoms with Gasteiger partial charge in [-0.15, -0.1) is 0 Å². The number of hydrogen-bond acceptors (Lipinski definition) is 3. The summed E-state index contributed by atoms with van der Waals surface area (Å²) in [5.74, 6) is 0. The molecule has 3 nitrogen and oxygen atoms in total. The van der Waals surface area contributed by atoms with Crippen LogP contribution < -0.4 is 0 Å². The molecule has 1 fully saturated rings. The fourth-order valence-electron chi connectivity index (χ4n) is 2.36. The summed E-state index contributed by atoms with van der Waals surface area (Å²) in [6.07, 6.45) is 1.20. The van der Waals surface area contributed by atoms with E-state index in [1.54, 1.807) is 0 Å². The molecule has 1 saturated heterocycles. The molecule has 2 rings (SSSR count). The van der Waals surface area contributed by atoms with Crippen LogP contribution in [0, 0.1) is 0 Å². The van der Waals surface area contributed by atoms with Crippen molar-refractivity contribution in [3.63, 3.8) is 0 Å². The summed E-state index contributed by atoms with van der Waals surface area (Å²) in [4.78, 5) is 9.26. The summed E-state index contributed by atoms with van der Waals surface area (Å²) >= 11 is 5.90. The molecule has 1 atom stereocenters. The fourth-order valence-corrected chi connectivity index (χ4v) is 2.54. The maximum Gasteiger partial charge on any atom is 0.129 e. The summed E-state index contributed by atoms with van der Waals surface area (Å²) in [5, 5.41) is 0.587. The molecule has 94 valence electrons. The van der Waals surface area contributed by atoms with E-state index in [9.17, 15) is 0 Å². The van der Waals surface area contributed by atoms with Crippen LogP contribution in [0.3, 0.4) is 0 Å². The molecule has 2 heterocycles. The first-order valence-electron chi connectivity index (χ1n) is 6.23. The zero-order chi connectivity index (χ0) is 12.3. The van der Waals surface area contributed by atoms with Gasteiger partial charge in [-0.05, 0) is 25.6 Å². The van der Waals surface area contributed by atoms with Crippen LogP contribution in [0.5, 0.6) is 0 Å². The Bertz CT molecular complexity index is 369. The monoisotopic (exact) mass is 253 g/mol. The van der Waals surface area contributed by atoms with Gasteiger partial charge in [-0.2, -0.15) is 0 Å². The quantitative estimate of drug-likeness (QED) is 0.771. The van der Waals surface area contributed by atoms with Crippen LogP contribution in [-0.2, 0) is 6.54 Å². The van der Waals surface area contributed by atoms with Gasteiger partial charge in [-0.3, -0.25) is 4.90 Å². The molecule has 17 heavy (non-hydrogen) atoms. The van der Waals surface area contributed by atoms with Crippen molar-refractivity contribution in [2.45, 2.75) is 25.9 Å². The minimum absolute atomic E-state index is 0.587. The highest BCUT2D eigenvalue weighted by molar-refractivity contribution is 6.29. The zero-order valence-corrected chi connectivity index (χ0v) is 11.3. The first-order chi connectivity index (χ1) is 8.19. The van der Waals surface area contributed by atoms with E-state index in [2.05, 4.69) is 28.8 Å². The fraction of sp³-hybridized carbons (Fsp3) is 0.615. The molecule has 0 amide bonds. The van der Waals surface area contributed by atoms with Crippen molar-refractivity contribution >= 4 is 11.6 Å². The zero-order valence-electron chi connectivity index (χ0n) is 10.6. The maximum absolute atomic E-state index is 5.90. The van der Waals surface area contributed by atoms with Gasteiger partial charge < -0.3 is 4.90 Å². The van der Waals surface area contributed by atoms with Crippen LogP contribution in [0.2, 0.25) is 5.15 Å². The molecule has 0 bridgehead atoms. The number of pyridine rings is 1. The molecule has 1 aliphatic rings. The highest BCUT2D eigenvalue weighted by Crippen LogP contribution is 2.14. The molecule has 0 aromatic carbocycles. The summed E-state index contributed by atoms with van der Waals surface area (Å²) in [6, 6.07) is 6.51. The van der Waals surface area contributed by atoms with E-state index in [-0.39, 0.29) is 0 Å². The lowest BCUT2D eigenvalue weighted by atomic mass is 10.1. The van der Waals surface area contributed by atoms with E-state index >= 15 is 0 Å². The van der Waals surface area contributed by atoms with Gasteiger partial charge in [0.1, 0.15) is 5.15 Å². The lowest BCUT2D eigenvalue weighted by molar-refractivity contribution is 0.0875. The molecule has 1 unspecified atom stereocenters. The molecule has 0 saturated carbocycles. The molecular weight excluding hydrogens is 234 g/mol. The van der Waals surface area contributed by atoms with E-state index in [1.807, 2.05) is 18.2 Å². The predicted molar refractivity (Wildman–Crippen MR) is 71.2 cm³/mol. The highest BCUT2D eigenvalue weighted by Gasteiger charge is 2.22. The number of aromatic nitrogens is 1. The van der Waals surface area contributed by atoms with E-state index in [0.29, 0.717) is 11.2 Å². The van der Waals surface area contributed by atoms with Crippen molar-refractivity contribution < 1.29 is 0 Å². The van der Waals surface area contributed by atoms with Gasteiger partial charge in [0, 0.05) is 32.2 Å². The van der Waals surface area contributed by atoms with Crippen molar-refractivity contribution in [2.75, 3.05) is 26.7 Å². The summed E-state index contributed by atoms with van der Waals surface area (Å²) in [5.41, 5.74) is 1.07. The van der Waals surface area contributed by atoms with Crippen LogP contribution in [0.15, 0.2) is 18.2 Å². The second-order valence-corrected chi connectivity index (χ2v) is 5.12. The molecule has 4 heteroatoms. The van der Waals surface area contributed by atoms with E-state index < -0.39 is 0 Å². The molecule has 0 spiro atoms. The molecule has 0 radical (unpaired) electrons. The van der Waals surface area contributed by atoms with Crippen LogP contribution in [0.25, 0.3) is 0 Å². The third-order valence-electron chi connectivity index (χ3n) is 3.49. The topological polar surface area (TPSA) is 19.4 Å². The van der Waals surface area contributed by atoms with Crippen molar-refractivity contribution in [3.05, 3.63) is 29.0 Å². The van der Waals surface area contributed by atoms with Crippen LogP contribution in [-0.4, -0.2) is 47.5 Å². The highest BCUT2D eigenvalue weighted by atomic mass is 35.5. The Morgan fingerprint density at radius 2 is 2.24 bits per heavy atom. The van der Waals surface area contributed by atoms with Crippen LogP contribution in [0.4, 0.5) is 0 Å². The Morgan fingerprint density at radius 3 is 2.94 bits per heavy atom. The van der Waals surface area contributed by atoms with E-state index in [0.717, 1.165) is 31.9 Å². The molecule has 0 aliphatic carbocycles. The molecule has 1 aliphatic heterocycles. The maximum atomic E-state index is 5.90. The molecule has 1 aromatic rings. The number of nitrogens with zero attached hydrogens (tertiary/aromatic N) is 3. The summed E-state index contributed by atoms with van der Waals surface area (Å²) < 4.78 is 0. The molecular formula is C13H20ClN3. The number of likely N-dealkylation sites (N-methyl/N-ethyl adjacent to an activating group) is 1. The van der Waals surface area contributed by atoms with Gasteiger partial charge in [0.05, 0.1) is 5.69 Å². The minimum Gasteiger partial charge on any atom is -0.301 e. The van der Waals surface area contributed by atoms with Crippen LogP contribution >= 0.6 is 11.6 Å². The first-order valence-corrected chi connectivity index (χ1v) is 6.61. The average molecular weight is 254 g/mol. The first kappa shape index (κ1) is 12.8. The third-order valence-corrected chi connectivity index (χ3v) is 3.70. The molecule has 0 N–H and O–H groups in total. The van der Waals surface area contributed by atoms with Gasteiger partial charge in [0.2, 0.25) is 0 Å². The summed E-state index contributed by atoms with van der Waals surface area (Å²) in [6.45, 7) is 6.54. The standard InChI is InChI=1S/C13H20ClN3/c1-3-12-10-17(8-7-16(12)2)9-11-5-4-6-13(14)15-11/h4-6,12H,3,7-10H2,1-2H3. The lowest BCUT2D eigenvalue weighted by Crippen LogP contribution is -2.50. The van der Waals surface area contributed by atoms with Crippen molar-refractivity contribution in [1.29, 1.82) is 0 Å². The normalized spacial score (nSPS) is 22.9. The van der Waals surface area contributed by atoms with Gasteiger partial charge >= 0.3 is 0 Å². The van der Waals surface area contributed by atoms with Crippen LogP contribution in [0.1, 0.15) is 19.0 Å². The van der Waals surface area contributed by atoms with Gasteiger partial charge in [0.25, 0.3) is 0 Å². The Morgan fingerprint density at radius 1 is 1.41 bits per heavy atom. The van der Waals surface area contributed by atoms with Gasteiger partial charge in [-0.25, -0.2) is 4.98 Å². The average Bonchev–Trinajstić information content (AvgIpc) is 2.32. The SMILES string of the molecule is CCC1CN(Cc2cccc(Cl)n2)CCN1C. The second kappa shape index (κ2) is 5.80. The van der Waals surface area contributed by atoms with Crippen molar-refractivity contribution in [3.8, 4) is 0 Å².